The average Bonchev–Trinajstić information content (AvgIpc) is 2.32. The van der Waals surface area contributed by atoms with E-state index in [1.165, 1.54) is 18.4 Å². The van der Waals surface area contributed by atoms with Gasteiger partial charge in [0.2, 0.25) is 0 Å². The van der Waals surface area contributed by atoms with E-state index in [9.17, 15) is 0 Å². The molecule has 3 nitrogen and oxygen atoms in total. The van der Waals surface area contributed by atoms with Crippen LogP contribution in [0.4, 0.5) is 5.69 Å². The number of benzene rings is 1. The molecular formula is C13H20N2O. The lowest BCUT2D eigenvalue weighted by atomic mass is 9.89. The van der Waals surface area contributed by atoms with Gasteiger partial charge in [-0.15, -0.1) is 0 Å². The number of anilines is 1. The molecule has 1 heterocycles. The van der Waals surface area contributed by atoms with Crippen molar-refractivity contribution in [2.45, 2.75) is 18.8 Å². The lowest BCUT2D eigenvalue weighted by Gasteiger charge is -2.31. The summed E-state index contributed by atoms with van der Waals surface area (Å²) in [6, 6.07) is 8.24. The van der Waals surface area contributed by atoms with Crippen LogP contribution in [0, 0.1) is 0 Å². The smallest absolute Gasteiger partial charge is 0.0558 e. The van der Waals surface area contributed by atoms with E-state index in [-0.39, 0.29) is 6.61 Å². The Morgan fingerprint density at radius 2 is 1.81 bits per heavy atom. The highest BCUT2D eigenvalue weighted by atomic mass is 16.3. The molecule has 1 aromatic carbocycles. The molecule has 1 aromatic rings. The van der Waals surface area contributed by atoms with Crippen LogP contribution in [-0.4, -0.2) is 36.2 Å². The fraction of sp³-hybridized carbons (Fsp3) is 0.538. The highest BCUT2D eigenvalue weighted by Gasteiger charge is 2.19. The minimum atomic E-state index is 0.270. The van der Waals surface area contributed by atoms with Crippen LogP contribution in [-0.2, 0) is 0 Å². The van der Waals surface area contributed by atoms with Gasteiger partial charge in [0, 0.05) is 12.2 Å². The van der Waals surface area contributed by atoms with Gasteiger partial charge in [-0.3, -0.25) is 0 Å². The fourth-order valence-electron chi connectivity index (χ4n) is 2.40. The zero-order valence-electron chi connectivity index (χ0n) is 9.60. The van der Waals surface area contributed by atoms with Gasteiger partial charge in [-0.25, -0.2) is 0 Å². The maximum absolute atomic E-state index is 8.88. The molecule has 3 heteroatoms. The number of aliphatic hydroxyl groups excluding tert-OH is 1. The molecule has 1 aliphatic rings. The molecular weight excluding hydrogens is 200 g/mol. The van der Waals surface area contributed by atoms with Crippen molar-refractivity contribution in [2.24, 2.45) is 0 Å². The Morgan fingerprint density at radius 3 is 2.38 bits per heavy atom. The van der Waals surface area contributed by atoms with Gasteiger partial charge in [-0.2, -0.15) is 0 Å². The number of hydrogen-bond acceptors (Lipinski definition) is 3. The molecule has 88 valence electrons. The lowest BCUT2D eigenvalue weighted by molar-refractivity contribution is 0.164. The monoisotopic (exact) mass is 220 g/mol. The minimum absolute atomic E-state index is 0.270. The maximum atomic E-state index is 8.88. The van der Waals surface area contributed by atoms with Gasteiger partial charge in [-0.05, 0) is 49.5 Å². The van der Waals surface area contributed by atoms with E-state index in [2.05, 4.69) is 17.0 Å². The Labute approximate surface area is 96.9 Å². The van der Waals surface area contributed by atoms with E-state index in [0.29, 0.717) is 5.92 Å². The predicted molar refractivity (Wildman–Crippen MR) is 66.4 cm³/mol. The van der Waals surface area contributed by atoms with Crippen molar-refractivity contribution in [3.8, 4) is 0 Å². The van der Waals surface area contributed by atoms with Gasteiger partial charge >= 0.3 is 0 Å². The van der Waals surface area contributed by atoms with Gasteiger partial charge in [0.15, 0.2) is 0 Å². The molecule has 1 aliphatic heterocycles. The van der Waals surface area contributed by atoms with Gasteiger partial charge in [0.1, 0.15) is 0 Å². The summed E-state index contributed by atoms with van der Waals surface area (Å²) in [6.45, 7) is 3.27. The van der Waals surface area contributed by atoms with Crippen LogP contribution in [0.1, 0.15) is 24.3 Å². The highest BCUT2D eigenvalue weighted by molar-refractivity contribution is 5.40. The van der Waals surface area contributed by atoms with Crippen LogP contribution in [0.2, 0.25) is 0 Å². The number of nitrogens with two attached hydrogens (primary N) is 1. The van der Waals surface area contributed by atoms with Crippen molar-refractivity contribution < 1.29 is 5.11 Å². The Kier molecular flexibility index (Phi) is 3.80. The van der Waals surface area contributed by atoms with Crippen LogP contribution in [0.15, 0.2) is 24.3 Å². The molecule has 0 radical (unpaired) electrons. The van der Waals surface area contributed by atoms with Crippen molar-refractivity contribution in [3.05, 3.63) is 29.8 Å². The Balaban J connectivity index is 1.91. The molecule has 0 aliphatic carbocycles. The molecule has 2 rings (SSSR count). The molecule has 0 saturated carbocycles. The Bertz CT molecular complexity index is 315. The Morgan fingerprint density at radius 1 is 1.19 bits per heavy atom. The summed E-state index contributed by atoms with van der Waals surface area (Å²) in [4.78, 5) is 2.33. The second-order valence-corrected chi connectivity index (χ2v) is 4.51. The highest BCUT2D eigenvalue weighted by Crippen LogP contribution is 2.28. The van der Waals surface area contributed by atoms with E-state index >= 15 is 0 Å². The second kappa shape index (κ2) is 5.32. The fourth-order valence-corrected chi connectivity index (χ4v) is 2.40. The zero-order valence-corrected chi connectivity index (χ0v) is 9.60. The van der Waals surface area contributed by atoms with E-state index in [1.807, 2.05) is 12.1 Å². The summed E-state index contributed by atoms with van der Waals surface area (Å²) in [7, 11) is 0. The first-order valence-electron chi connectivity index (χ1n) is 5.98. The quantitative estimate of drug-likeness (QED) is 0.758. The van der Waals surface area contributed by atoms with Crippen LogP contribution in [0.5, 0.6) is 0 Å². The third kappa shape index (κ3) is 2.74. The lowest BCUT2D eigenvalue weighted by Crippen LogP contribution is -2.34. The van der Waals surface area contributed by atoms with Gasteiger partial charge < -0.3 is 15.7 Å². The molecule has 0 unspecified atom stereocenters. The number of β-amino-alcohol motifs (C(OH)–C–C–N with tert-alkyl or cyclic N) is 1. The van der Waals surface area contributed by atoms with Crippen LogP contribution in [0.3, 0.4) is 0 Å². The molecule has 0 atom stereocenters. The van der Waals surface area contributed by atoms with Crippen LogP contribution in [0.25, 0.3) is 0 Å². The largest absolute Gasteiger partial charge is 0.399 e. The van der Waals surface area contributed by atoms with E-state index < -0.39 is 0 Å². The number of likely N-dealkylation sites (tertiary alicyclic amines) is 1. The zero-order chi connectivity index (χ0) is 11.4. The third-order valence-electron chi connectivity index (χ3n) is 3.41. The molecule has 0 bridgehead atoms. The summed E-state index contributed by atoms with van der Waals surface area (Å²) in [5.41, 5.74) is 7.92. The standard InChI is InChI=1S/C13H20N2O/c14-13-3-1-11(2-4-13)12-5-7-15(8-6-12)9-10-16/h1-4,12,16H,5-10,14H2. The molecule has 0 spiro atoms. The number of hydrogen-bond donors (Lipinski definition) is 2. The van der Waals surface area contributed by atoms with Crippen molar-refractivity contribution >= 4 is 5.69 Å². The first kappa shape index (κ1) is 11.4. The van der Waals surface area contributed by atoms with E-state index in [0.717, 1.165) is 25.3 Å². The number of piperidine rings is 1. The SMILES string of the molecule is Nc1ccc(C2CCN(CCO)CC2)cc1. The third-order valence-corrected chi connectivity index (χ3v) is 3.41. The van der Waals surface area contributed by atoms with Gasteiger partial charge in [0.25, 0.3) is 0 Å². The number of rotatable bonds is 3. The van der Waals surface area contributed by atoms with Gasteiger partial charge in [-0.1, -0.05) is 12.1 Å². The average molecular weight is 220 g/mol. The van der Waals surface area contributed by atoms with Crippen LogP contribution >= 0.6 is 0 Å². The van der Waals surface area contributed by atoms with E-state index in [1.54, 1.807) is 0 Å². The topological polar surface area (TPSA) is 49.5 Å². The summed E-state index contributed by atoms with van der Waals surface area (Å²) in [6.07, 6.45) is 2.37. The number of nitrogen functional groups attached to an aromatic ring is 1. The van der Waals surface area contributed by atoms with Crippen molar-refractivity contribution in [1.29, 1.82) is 0 Å². The molecule has 1 saturated heterocycles. The van der Waals surface area contributed by atoms with Gasteiger partial charge in [0.05, 0.1) is 6.61 Å². The molecule has 3 N–H and O–H groups in total. The molecule has 0 amide bonds. The first-order valence-corrected chi connectivity index (χ1v) is 5.98. The molecule has 0 aromatic heterocycles. The number of aliphatic hydroxyl groups is 1. The van der Waals surface area contributed by atoms with Crippen molar-refractivity contribution in [2.75, 3.05) is 32.0 Å². The Hall–Kier alpha value is -1.06. The summed E-state index contributed by atoms with van der Waals surface area (Å²) >= 11 is 0. The predicted octanol–water partition coefficient (Wildman–Crippen LogP) is 1.44. The molecule has 16 heavy (non-hydrogen) atoms. The summed E-state index contributed by atoms with van der Waals surface area (Å²) in [5.74, 6) is 0.663. The summed E-state index contributed by atoms with van der Waals surface area (Å²) < 4.78 is 0. The van der Waals surface area contributed by atoms with Crippen LogP contribution < -0.4 is 5.73 Å². The summed E-state index contributed by atoms with van der Waals surface area (Å²) in [5, 5.41) is 8.88. The second-order valence-electron chi connectivity index (χ2n) is 4.51. The van der Waals surface area contributed by atoms with Crippen molar-refractivity contribution in [3.63, 3.8) is 0 Å². The van der Waals surface area contributed by atoms with E-state index in [4.69, 9.17) is 10.8 Å². The number of nitrogens with zero attached hydrogens (tertiary/aromatic N) is 1. The van der Waals surface area contributed by atoms with Crippen molar-refractivity contribution in [1.82, 2.24) is 4.90 Å². The first-order chi connectivity index (χ1) is 7.79. The minimum Gasteiger partial charge on any atom is -0.399 e. The normalized spacial score (nSPS) is 18.8. The molecule has 1 fully saturated rings. The maximum Gasteiger partial charge on any atom is 0.0558 e.